The van der Waals surface area contributed by atoms with Crippen LogP contribution in [0.4, 0.5) is 0 Å². The summed E-state index contributed by atoms with van der Waals surface area (Å²) in [6.07, 6.45) is 0. The van der Waals surface area contributed by atoms with Gasteiger partial charge in [0.2, 0.25) is 0 Å². The van der Waals surface area contributed by atoms with E-state index in [9.17, 15) is 0 Å². The molecular weight excluding hydrogens is 216 g/mol. The van der Waals surface area contributed by atoms with Crippen LogP contribution in [0, 0.1) is 0 Å². The number of benzene rings is 2. The molecule has 2 nitrogen and oxygen atoms in total. The number of rotatable bonds is 2. The third kappa shape index (κ3) is 2.31. The van der Waals surface area contributed by atoms with E-state index in [4.69, 9.17) is 12.2 Å². The quantitative estimate of drug-likeness (QED) is 0.775. The Labute approximate surface area is 101 Å². The van der Waals surface area contributed by atoms with Crippen molar-refractivity contribution in [2.75, 3.05) is 7.05 Å². The van der Waals surface area contributed by atoms with Gasteiger partial charge in [-0.2, -0.15) is 0 Å². The molecule has 16 heavy (non-hydrogen) atoms. The van der Waals surface area contributed by atoms with E-state index in [1.54, 1.807) is 0 Å². The van der Waals surface area contributed by atoms with Crippen molar-refractivity contribution in [3.8, 4) is 0 Å². The summed E-state index contributed by atoms with van der Waals surface area (Å²) in [5.74, 6) is 0. The van der Waals surface area contributed by atoms with Crippen LogP contribution in [0.1, 0.15) is 5.56 Å². The molecule has 0 saturated carbocycles. The van der Waals surface area contributed by atoms with E-state index < -0.39 is 0 Å². The number of nitrogens with one attached hydrogen (secondary N) is 2. The first-order chi connectivity index (χ1) is 7.81. The van der Waals surface area contributed by atoms with Crippen LogP contribution in [0.5, 0.6) is 0 Å². The fourth-order valence-corrected chi connectivity index (χ4v) is 1.78. The minimum atomic E-state index is 0.674. The normalized spacial score (nSPS) is 10.1. The average molecular weight is 230 g/mol. The molecule has 2 aromatic carbocycles. The van der Waals surface area contributed by atoms with E-state index in [2.05, 4.69) is 53.1 Å². The largest absolute Gasteiger partial charge is 0.366 e. The van der Waals surface area contributed by atoms with Crippen molar-refractivity contribution in [1.29, 1.82) is 0 Å². The Morgan fingerprint density at radius 1 is 1.12 bits per heavy atom. The standard InChI is InChI=1S/C13H14N2S/c1-14-13(16)15-9-11-7-4-6-10-5-2-3-8-12(10)11/h2-8H,9H2,1H3,(H2,14,15,16). The number of fused-ring (bicyclic) bond motifs is 1. The van der Waals surface area contributed by atoms with Crippen LogP contribution in [0.15, 0.2) is 42.5 Å². The molecule has 2 aromatic rings. The first-order valence-corrected chi connectivity index (χ1v) is 5.64. The summed E-state index contributed by atoms with van der Waals surface area (Å²) >= 11 is 5.05. The maximum atomic E-state index is 5.05. The van der Waals surface area contributed by atoms with Gasteiger partial charge in [-0.3, -0.25) is 0 Å². The van der Waals surface area contributed by atoms with Gasteiger partial charge >= 0.3 is 0 Å². The Balaban J connectivity index is 2.27. The summed E-state index contributed by atoms with van der Waals surface area (Å²) in [7, 11) is 1.82. The molecule has 0 fully saturated rings. The van der Waals surface area contributed by atoms with Gasteiger partial charge in [0, 0.05) is 13.6 Å². The zero-order chi connectivity index (χ0) is 11.4. The highest BCUT2D eigenvalue weighted by Gasteiger charge is 2.00. The van der Waals surface area contributed by atoms with E-state index >= 15 is 0 Å². The van der Waals surface area contributed by atoms with Crippen LogP contribution in [0.25, 0.3) is 10.8 Å². The zero-order valence-corrected chi connectivity index (χ0v) is 9.97. The van der Waals surface area contributed by atoms with E-state index in [1.807, 2.05) is 7.05 Å². The maximum Gasteiger partial charge on any atom is 0.166 e. The number of hydrogen-bond acceptors (Lipinski definition) is 1. The summed E-state index contributed by atoms with van der Waals surface area (Å²) in [6, 6.07) is 14.7. The van der Waals surface area contributed by atoms with E-state index in [0.29, 0.717) is 5.11 Å². The van der Waals surface area contributed by atoms with Crippen molar-refractivity contribution in [1.82, 2.24) is 10.6 Å². The van der Waals surface area contributed by atoms with E-state index in [1.165, 1.54) is 16.3 Å². The third-order valence-electron chi connectivity index (χ3n) is 2.55. The highest BCUT2D eigenvalue weighted by Crippen LogP contribution is 2.17. The summed E-state index contributed by atoms with van der Waals surface area (Å²) in [4.78, 5) is 0. The molecular formula is C13H14N2S. The Morgan fingerprint density at radius 3 is 2.69 bits per heavy atom. The molecule has 0 saturated heterocycles. The highest BCUT2D eigenvalue weighted by molar-refractivity contribution is 7.80. The van der Waals surface area contributed by atoms with E-state index in [0.717, 1.165) is 6.54 Å². The predicted molar refractivity (Wildman–Crippen MR) is 72.4 cm³/mol. The van der Waals surface area contributed by atoms with Gasteiger partial charge in [-0.25, -0.2) is 0 Å². The lowest BCUT2D eigenvalue weighted by molar-refractivity contribution is 0.897. The van der Waals surface area contributed by atoms with Crippen molar-refractivity contribution in [3.63, 3.8) is 0 Å². The van der Waals surface area contributed by atoms with Gasteiger partial charge in [-0.1, -0.05) is 42.5 Å². The Bertz CT molecular complexity index is 503. The molecule has 0 unspecified atom stereocenters. The number of thiocarbonyl (C=S) groups is 1. The molecule has 0 aliphatic heterocycles. The first-order valence-electron chi connectivity index (χ1n) is 5.23. The van der Waals surface area contributed by atoms with Crippen molar-refractivity contribution in [3.05, 3.63) is 48.0 Å². The first kappa shape index (κ1) is 10.9. The molecule has 0 bridgehead atoms. The van der Waals surface area contributed by atoms with Gasteiger partial charge in [0.05, 0.1) is 0 Å². The molecule has 0 amide bonds. The summed E-state index contributed by atoms with van der Waals surface area (Å²) in [6.45, 7) is 0.751. The van der Waals surface area contributed by atoms with Crippen LogP contribution in [-0.2, 0) is 6.54 Å². The van der Waals surface area contributed by atoms with Crippen LogP contribution in [0.3, 0.4) is 0 Å². The molecule has 0 aliphatic carbocycles. The van der Waals surface area contributed by atoms with Gasteiger partial charge < -0.3 is 10.6 Å². The van der Waals surface area contributed by atoms with Crippen LogP contribution in [-0.4, -0.2) is 12.2 Å². The molecule has 0 aromatic heterocycles. The van der Waals surface area contributed by atoms with Gasteiger partial charge in [-0.15, -0.1) is 0 Å². The van der Waals surface area contributed by atoms with Gasteiger partial charge in [0.25, 0.3) is 0 Å². The van der Waals surface area contributed by atoms with E-state index in [-0.39, 0.29) is 0 Å². The minimum absolute atomic E-state index is 0.674. The molecule has 2 rings (SSSR count). The third-order valence-corrected chi connectivity index (χ3v) is 2.89. The Kier molecular flexibility index (Phi) is 3.37. The zero-order valence-electron chi connectivity index (χ0n) is 9.16. The second-order valence-corrected chi connectivity index (χ2v) is 3.98. The van der Waals surface area contributed by atoms with Gasteiger partial charge in [0.1, 0.15) is 0 Å². The summed E-state index contributed by atoms with van der Waals surface area (Å²) in [5, 5.41) is 9.27. The van der Waals surface area contributed by atoms with Crippen molar-refractivity contribution in [2.45, 2.75) is 6.54 Å². The molecule has 2 N–H and O–H groups in total. The molecule has 0 spiro atoms. The van der Waals surface area contributed by atoms with Gasteiger partial charge in [-0.05, 0) is 28.6 Å². The topological polar surface area (TPSA) is 24.1 Å². The second kappa shape index (κ2) is 4.94. The highest BCUT2D eigenvalue weighted by atomic mass is 32.1. The fraction of sp³-hybridized carbons (Fsp3) is 0.154. The van der Waals surface area contributed by atoms with Crippen molar-refractivity contribution >= 4 is 28.1 Å². The lowest BCUT2D eigenvalue weighted by Gasteiger charge is -2.09. The minimum Gasteiger partial charge on any atom is -0.366 e. The fourth-order valence-electron chi connectivity index (χ4n) is 1.71. The van der Waals surface area contributed by atoms with Crippen LogP contribution >= 0.6 is 12.2 Å². The lowest BCUT2D eigenvalue weighted by Crippen LogP contribution is -2.31. The molecule has 0 aliphatic rings. The van der Waals surface area contributed by atoms with Crippen molar-refractivity contribution in [2.24, 2.45) is 0 Å². The molecule has 82 valence electrons. The van der Waals surface area contributed by atoms with Gasteiger partial charge in [0.15, 0.2) is 5.11 Å². The van der Waals surface area contributed by atoms with Crippen molar-refractivity contribution < 1.29 is 0 Å². The summed E-state index contributed by atoms with van der Waals surface area (Å²) < 4.78 is 0. The lowest BCUT2D eigenvalue weighted by atomic mass is 10.0. The maximum absolute atomic E-state index is 5.05. The SMILES string of the molecule is CNC(=S)NCc1cccc2ccccc12. The smallest absolute Gasteiger partial charge is 0.166 e. The number of hydrogen-bond donors (Lipinski definition) is 2. The molecule has 0 atom stereocenters. The summed E-state index contributed by atoms with van der Waals surface area (Å²) in [5.41, 5.74) is 1.26. The molecule has 3 heteroatoms. The average Bonchev–Trinajstić information content (AvgIpc) is 2.35. The predicted octanol–water partition coefficient (Wildman–Crippen LogP) is 2.43. The molecule has 0 radical (unpaired) electrons. The second-order valence-electron chi connectivity index (χ2n) is 3.57. The Morgan fingerprint density at radius 2 is 1.88 bits per heavy atom. The van der Waals surface area contributed by atoms with Crippen LogP contribution < -0.4 is 10.6 Å². The Hall–Kier alpha value is -1.61. The monoisotopic (exact) mass is 230 g/mol. The molecule has 0 heterocycles. The van der Waals surface area contributed by atoms with Crippen LogP contribution in [0.2, 0.25) is 0 Å².